The van der Waals surface area contributed by atoms with Crippen molar-refractivity contribution < 1.29 is 8.42 Å². The second kappa shape index (κ2) is 5.54. The molecular weight excluding hydrogens is 314 g/mol. The van der Waals surface area contributed by atoms with Crippen molar-refractivity contribution in [3.63, 3.8) is 0 Å². The fraction of sp³-hybridized carbons (Fsp3) is 0.200. The molecule has 0 radical (unpaired) electrons. The Kier molecular flexibility index (Phi) is 3.69. The van der Waals surface area contributed by atoms with Gasteiger partial charge in [0.25, 0.3) is 0 Å². The fourth-order valence-electron chi connectivity index (χ4n) is 2.35. The first-order valence-corrected chi connectivity index (χ1v) is 8.83. The minimum absolute atomic E-state index is 0.509. The highest BCUT2D eigenvalue weighted by atomic mass is 32.2. The molecular formula is C15H17N5O2S. The number of imidazole rings is 1. The summed E-state index contributed by atoms with van der Waals surface area (Å²) in [6, 6.07) is 9.07. The van der Waals surface area contributed by atoms with E-state index < -0.39 is 10.0 Å². The van der Waals surface area contributed by atoms with Gasteiger partial charge in [-0.1, -0.05) is 0 Å². The lowest BCUT2D eigenvalue weighted by Crippen LogP contribution is -2.13. The third kappa shape index (κ3) is 3.26. The Labute approximate surface area is 134 Å². The number of sulfonamides is 1. The highest BCUT2D eigenvalue weighted by molar-refractivity contribution is 7.92. The summed E-state index contributed by atoms with van der Waals surface area (Å²) >= 11 is 0. The van der Waals surface area contributed by atoms with E-state index in [4.69, 9.17) is 0 Å². The molecule has 2 N–H and O–H groups in total. The van der Waals surface area contributed by atoms with Crippen LogP contribution in [0.5, 0.6) is 0 Å². The summed E-state index contributed by atoms with van der Waals surface area (Å²) in [5, 5.41) is 0. The zero-order valence-corrected chi connectivity index (χ0v) is 13.8. The van der Waals surface area contributed by atoms with Crippen molar-refractivity contribution in [3.8, 4) is 11.4 Å². The Bertz CT molecular complexity index is 930. The van der Waals surface area contributed by atoms with Crippen molar-refractivity contribution in [2.45, 2.75) is 0 Å². The van der Waals surface area contributed by atoms with Crippen LogP contribution in [0.1, 0.15) is 0 Å². The topological polar surface area (TPSA) is 91.0 Å². The van der Waals surface area contributed by atoms with E-state index in [2.05, 4.69) is 19.7 Å². The maximum Gasteiger partial charge on any atom is 0.229 e. The van der Waals surface area contributed by atoms with Crippen molar-refractivity contribution in [2.75, 3.05) is 30.0 Å². The average Bonchev–Trinajstić information content (AvgIpc) is 2.89. The molecule has 0 aliphatic heterocycles. The van der Waals surface area contributed by atoms with Crippen LogP contribution < -0.4 is 9.62 Å². The van der Waals surface area contributed by atoms with Crippen LogP contribution in [0.25, 0.3) is 22.6 Å². The number of H-pyrrole nitrogens is 1. The highest BCUT2D eigenvalue weighted by Crippen LogP contribution is 2.31. The highest BCUT2D eigenvalue weighted by Gasteiger charge is 2.13. The molecule has 0 saturated heterocycles. The summed E-state index contributed by atoms with van der Waals surface area (Å²) in [6.07, 6.45) is 2.82. The Morgan fingerprint density at radius 1 is 1.22 bits per heavy atom. The molecule has 7 nitrogen and oxygen atoms in total. The van der Waals surface area contributed by atoms with Gasteiger partial charge in [0.15, 0.2) is 5.65 Å². The van der Waals surface area contributed by atoms with Gasteiger partial charge in [0, 0.05) is 31.5 Å². The van der Waals surface area contributed by atoms with Gasteiger partial charge in [0.1, 0.15) is 5.82 Å². The number of nitrogens with one attached hydrogen (secondary N) is 2. The van der Waals surface area contributed by atoms with E-state index in [9.17, 15) is 8.42 Å². The maximum absolute atomic E-state index is 11.4. The Balaban J connectivity index is 2.11. The second-order valence-corrected chi connectivity index (χ2v) is 7.21. The van der Waals surface area contributed by atoms with Gasteiger partial charge in [0.2, 0.25) is 10.0 Å². The predicted octanol–water partition coefficient (Wildman–Crippen LogP) is 2.06. The molecule has 2 aromatic heterocycles. The van der Waals surface area contributed by atoms with Crippen LogP contribution in [-0.2, 0) is 10.0 Å². The molecule has 0 fully saturated rings. The first-order valence-electron chi connectivity index (χ1n) is 6.94. The van der Waals surface area contributed by atoms with Crippen molar-refractivity contribution in [2.24, 2.45) is 0 Å². The SMILES string of the molecule is CN(C)c1cc(NS(C)(=O)=O)ccc1-c1nc2ncccc2[nH]1. The predicted molar refractivity (Wildman–Crippen MR) is 92.1 cm³/mol. The lowest BCUT2D eigenvalue weighted by Gasteiger charge is -2.18. The minimum atomic E-state index is -3.32. The molecule has 23 heavy (non-hydrogen) atoms. The summed E-state index contributed by atoms with van der Waals surface area (Å²) in [5.74, 6) is 0.688. The Morgan fingerprint density at radius 3 is 2.65 bits per heavy atom. The number of anilines is 2. The molecule has 0 bridgehead atoms. The lowest BCUT2D eigenvalue weighted by molar-refractivity contribution is 0.607. The summed E-state index contributed by atoms with van der Waals surface area (Å²) in [4.78, 5) is 13.9. The van der Waals surface area contributed by atoms with Crippen LogP contribution in [0, 0.1) is 0 Å². The van der Waals surface area contributed by atoms with Crippen LogP contribution in [0.3, 0.4) is 0 Å². The van der Waals surface area contributed by atoms with Gasteiger partial charge in [-0.25, -0.2) is 18.4 Å². The number of hydrogen-bond acceptors (Lipinski definition) is 5. The van der Waals surface area contributed by atoms with E-state index in [1.54, 1.807) is 18.3 Å². The van der Waals surface area contributed by atoms with E-state index in [-0.39, 0.29) is 0 Å². The van der Waals surface area contributed by atoms with Gasteiger partial charge in [-0.2, -0.15) is 0 Å². The van der Waals surface area contributed by atoms with E-state index in [1.807, 2.05) is 37.2 Å². The van der Waals surface area contributed by atoms with E-state index >= 15 is 0 Å². The van der Waals surface area contributed by atoms with Crippen molar-refractivity contribution in [1.29, 1.82) is 0 Å². The maximum atomic E-state index is 11.4. The van der Waals surface area contributed by atoms with Gasteiger partial charge in [0.05, 0.1) is 17.5 Å². The van der Waals surface area contributed by atoms with Crippen molar-refractivity contribution >= 4 is 32.6 Å². The quantitative estimate of drug-likeness (QED) is 0.763. The average molecular weight is 331 g/mol. The summed E-state index contributed by atoms with van der Waals surface area (Å²) < 4.78 is 25.3. The van der Waals surface area contributed by atoms with Crippen LogP contribution in [-0.4, -0.2) is 43.7 Å². The van der Waals surface area contributed by atoms with Gasteiger partial charge < -0.3 is 9.88 Å². The molecule has 0 saturated carbocycles. The molecule has 1 aromatic carbocycles. The monoisotopic (exact) mass is 331 g/mol. The number of hydrogen-bond donors (Lipinski definition) is 2. The van der Waals surface area contributed by atoms with Gasteiger partial charge >= 0.3 is 0 Å². The minimum Gasteiger partial charge on any atom is -0.377 e. The molecule has 0 aliphatic carbocycles. The molecule has 0 amide bonds. The first-order chi connectivity index (χ1) is 10.8. The Hall–Kier alpha value is -2.61. The zero-order chi connectivity index (χ0) is 16.6. The second-order valence-electron chi connectivity index (χ2n) is 5.46. The third-order valence-electron chi connectivity index (χ3n) is 3.30. The number of aromatic amines is 1. The van der Waals surface area contributed by atoms with Crippen LogP contribution >= 0.6 is 0 Å². The number of rotatable bonds is 4. The van der Waals surface area contributed by atoms with Crippen LogP contribution in [0.4, 0.5) is 11.4 Å². The molecule has 0 aliphatic rings. The number of nitrogens with zero attached hydrogens (tertiary/aromatic N) is 3. The van der Waals surface area contributed by atoms with Gasteiger partial charge in [-0.3, -0.25) is 4.72 Å². The van der Waals surface area contributed by atoms with E-state index in [1.165, 1.54) is 0 Å². The molecule has 3 rings (SSSR count). The number of benzene rings is 1. The number of pyridine rings is 1. The van der Waals surface area contributed by atoms with Crippen molar-refractivity contribution in [3.05, 3.63) is 36.5 Å². The summed E-state index contributed by atoms with van der Waals surface area (Å²) in [6.45, 7) is 0. The summed E-state index contributed by atoms with van der Waals surface area (Å²) in [5.41, 5.74) is 3.72. The number of aromatic nitrogens is 3. The molecule has 120 valence electrons. The molecule has 2 heterocycles. The van der Waals surface area contributed by atoms with Crippen LogP contribution in [0.2, 0.25) is 0 Å². The lowest BCUT2D eigenvalue weighted by atomic mass is 10.1. The third-order valence-corrected chi connectivity index (χ3v) is 3.90. The van der Waals surface area contributed by atoms with E-state index in [0.29, 0.717) is 17.2 Å². The zero-order valence-electron chi connectivity index (χ0n) is 13.0. The Morgan fingerprint density at radius 2 is 2.00 bits per heavy atom. The normalized spacial score (nSPS) is 11.6. The standard InChI is InChI=1S/C15H17N5O2S/c1-20(2)13-9-10(19-23(3,21)22)6-7-11(13)14-17-12-5-4-8-16-15(12)18-14/h4-9,19H,1-3H3,(H,16,17,18). The van der Waals surface area contributed by atoms with Crippen LogP contribution in [0.15, 0.2) is 36.5 Å². The largest absolute Gasteiger partial charge is 0.377 e. The van der Waals surface area contributed by atoms with Gasteiger partial charge in [-0.05, 0) is 30.3 Å². The smallest absolute Gasteiger partial charge is 0.229 e. The van der Waals surface area contributed by atoms with Crippen molar-refractivity contribution in [1.82, 2.24) is 15.0 Å². The first kappa shape index (κ1) is 15.3. The number of fused-ring (bicyclic) bond motifs is 1. The molecule has 0 spiro atoms. The molecule has 8 heteroatoms. The molecule has 0 atom stereocenters. The van der Waals surface area contributed by atoms with Gasteiger partial charge in [-0.15, -0.1) is 0 Å². The summed E-state index contributed by atoms with van der Waals surface area (Å²) in [7, 11) is 0.466. The molecule has 0 unspecified atom stereocenters. The molecule has 3 aromatic rings. The van der Waals surface area contributed by atoms with E-state index in [0.717, 1.165) is 23.0 Å². The fourth-order valence-corrected chi connectivity index (χ4v) is 2.91.